The maximum absolute atomic E-state index is 12.0. The van der Waals surface area contributed by atoms with E-state index in [4.69, 9.17) is 16.3 Å². The first-order valence-corrected chi connectivity index (χ1v) is 8.77. The Morgan fingerprint density at radius 1 is 1.25 bits per heavy atom. The number of hydrogen-bond donors (Lipinski definition) is 2. The average molecular weight is 399 g/mol. The lowest BCUT2D eigenvalue weighted by Crippen LogP contribution is -2.17. The minimum Gasteiger partial charge on any atom is -0.416 e. The highest BCUT2D eigenvalue weighted by Gasteiger charge is 2.16. The van der Waals surface area contributed by atoms with E-state index in [0.29, 0.717) is 16.7 Å². The molecule has 1 amide bonds. The zero-order chi connectivity index (χ0) is 20.3. The molecule has 3 aromatic rings. The van der Waals surface area contributed by atoms with Gasteiger partial charge in [-0.3, -0.25) is 5.32 Å². The monoisotopic (exact) mass is 398 g/mol. The van der Waals surface area contributed by atoms with Crippen LogP contribution < -0.4 is 10.6 Å². The van der Waals surface area contributed by atoms with E-state index in [0.717, 1.165) is 17.1 Å². The SMILES string of the molecule is C=C(C)OC(=O)Nc1ncc(Nc2ccc(Cl)cc2)nc1-n1nc(C)cc1C. The molecule has 2 heterocycles. The molecule has 2 aromatic heterocycles. The molecule has 0 aliphatic heterocycles. The molecule has 144 valence electrons. The summed E-state index contributed by atoms with van der Waals surface area (Å²) < 4.78 is 6.55. The lowest BCUT2D eigenvalue weighted by molar-refractivity contribution is 0.192. The summed E-state index contributed by atoms with van der Waals surface area (Å²) in [4.78, 5) is 20.9. The van der Waals surface area contributed by atoms with Crippen LogP contribution in [0.5, 0.6) is 0 Å². The largest absolute Gasteiger partial charge is 0.418 e. The van der Waals surface area contributed by atoms with E-state index in [1.54, 1.807) is 23.7 Å². The highest BCUT2D eigenvalue weighted by molar-refractivity contribution is 6.30. The topological polar surface area (TPSA) is 94.0 Å². The maximum Gasteiger partial charge on any atom is 0.418 e. The first-order chi connectivity index (χ1) is 13.3. The van der Waals surface area contributed by atoms with Crippen molar-refractivity contribution in [1.29, 1.82) is 0 Å². The summed E-state index contributed by atoms with van der Waals surface area (Å²) in [5, 5.41) is 10.8. The van der Waals surface area contributed by atoms with Crippen LogP contribution in [0.3, 0.4) is 0 Å². The highest BCUT2D eigenvalue weighted by atomic mass is 35.5. The number of amides is 1. The summed E-state index contributed by atoms with van der Waals surface area (Å²) in [6.45, 7) is 8.88. The molecule has 0 aliphatic rings. The molecule has 0 unspecified atom stereocenters. The third-order valence-corrected chi connectivity index (χ3v) is 3.82. The van der Waals surface area contributed by atoms with Gasteiger partial charge in [-0.05, 0) is 51.1 Å². The van der Waals surface area contributed by atoms with Crippen molar-refractivity contribution >= 4 is 35.0 Å². The number of rotatable bonds is 5. The number of carbonyl (C=O) groups excluding carboxylic acids is 1. The van der Waals surface area contributed by atoms with Gasteiger partial charge in [0.1, 0.15) is 0 Å². The maximum atomic E-state index is 12.0. The molecular weight excluding hydrogens is 380 g/mol. The molecule has 8 nitrogen and oxygen atoms in total. The standard InChI is InChI=1S/C19H19ClN6O2/c1-11(2)28-19(27)24-17-18(26-13(4)9-12(3)25-26)23-16(10-21-17)22-15-7-5-14(20)6-8-15/h5-10H,1H2,2-4H3,(H,22,23)(H,21,24,27). The Kier molecular flexibility index (Phi) is 5.60. The minimum atomic E-state index is -0.706. The molecule has 0 spiro atoms. The number of ether oxygens (including phenoxy) is 1. The third kappa shape index (κ3) is 4.66. The third-order valence-electron chi connectivity index (χ3n) is 3.57. The van der Waals surface area contributed by atoms with Gasteiger partial charge in [-0.15, -0.1) is 0 Å². The molecule has 0 saturated carbocycles. The number of aryl methyl sites for hydroxylation is 2. The number of halogens is 1. The van der Waals surface area contributed by atoms with Crippen LogP contribution in [0, 0.1) is 13.8 Å². The second-order valence-corrected chi connectivity index (χ2v) is 6.55. The second-order valence-electron chi connectivity index (χ2n) is 6.11. The lowest BCUT2D eigenvalue weighted by atomic mass is 10.3. The van der Waals surface area contributed by atoms with Crippen LogP contribution in [0.4, 0.5) is 22.1 Å². The molecule has 0 fully saturated rings. The van der Waals surface area contributed by atoms with Crippen molar-refractivity contribution in [1.82, 2.24) is 19.7 Å². The molecule has 0 radical (unpaired) electrons. The van der Waals surface area contributed by atoms with E-state index in [1.807, 2.05) is 32.0 Å². The summed E-state index contributed by atoms with van der Waals surface area (Å²) in [7, 11) is 0. The Balaban J connectivity index is 1.97. The summed E-state index contributed by atoms with van der Waals surface area (Å²) in [5.74, 6) is 1.30. The highest BCUT2D eigenvalue weighted by Crippen LogP contribution is 2.23. The van der Waals surface area contributed by atoms with Gasteiger partial charge >= 0.3 is 6.09 Å². The normalized spacial score (nSPS) is 10.4. The van der Waals surface area contributed by atoms with Gasteiger partial charge in [-0.1, -0.05) is 18.2 Å². The van der Waals surface area contributed by atoms with Crippen molar-refractivity contribution in [2.75, 3.05) is 10.6 Å². The lowest BCUT2D eigenvalue weighted by Gasteiger charge is -2.13. The predicted molar refractivity (Wildman–Crippen MR) is 108 cm³/mol. The first kappa shape index (κ1) is 19.4. The Hall–Kier alpha value is -3.39. The van der Waals surface area contributed by atoms with Crippen LogP contribution in [0.2, 0.25) is 5.02 Å². The quantitative estimate of drug-likeness (QED) is 0.602. The van der Waals surface area contributed by atoms with Crippen molar-refractivity contribution in [3.8, 4) is 5.82 Å². The number of aromatic nitrogens is 4. The Bertz CT molecular complexity index is 1030. The van der Waals surface area contributed by atoms with Gasteiger partial charge in [0.25, 0.3) is 0 Å². The van der Waals surface area contributed by atoms with E-state index in [-0.39, 0.29) is 11.6 Å². The summed E-state index contributed by atoms with van der Waals surface area (Å²) in [6.07, 6.45) is 0.795. The molecule has 28 heavy (non-hydrogen) atoms. The van der Waals surface area contributed by atoms with Gasteiger partial charge < -0.3 is 10.1 Å². The molecule has 1 aromatic carbocycles. The summed E-state index contributed by atoms with van der Waals surface area (Å²) in [5.41, 5.74) is 2.44. The van der Waals surface area contributed by atoms with Gasteiger partial charge in [-0.25, -0.2) is 19.4 Å². The van der Waals surface area contributed by atoms with Gasteiger partial charge in [0, 0.05) is 16.4 Å². The van der Waals surface area contributed by atoms with Crippen LogP contribution >= 0.6 is 11.6 Å². The fraction of sp³-hybridized carbons (Fsp3) is 0.158. The average Bonchev–Trinajstić information content (AvgIpc) is 2.95. The number of nitrogens with zero attached hydrogens (tertiary/aromatic N) is 4. The molecule has 9 heteroatoms. The van der Waals surface area contributed by atoms with Gasteiger partial charge in [0.05, 0.1) is 17.6 Å². The van der Waals surface area contributed by atoms with E-state index >= 15 is 0 Å². The van der Waals surface area contributed by atoms with Crippen LogP contribution in [-0.2, 0) is 4.74 Å². The minimum absolute atomic E-state index is 0.208. The predicted octanol–water partition coefficient (Wildman–Crippen LogP) is 4.76. The van der Waals surface area contributed by atoms with E-state index in [1.165, 1.54) is 6.20 Å². The fourth-order valence-electron chi connectivity index (χ4n) is 2.48. The summed E-state index contributed by atoms with van der Waals surface area (Å²) in [6, 6.07) is 9.08. The first-order valence-electron chi connectivity index (χ1n) is 8.39. The van der Waals surface area contributed by atoms with Crippen molar-refractivity contribution in [3.63, 3.8) is 0 Å². The molecule has 0 atom stereocenters. The second kappa shape index (κ2) is 8.10. The van der Waals surface area contributed by atoms with Crippen LogP contribution in [0.25, 0.3) is 5.82 Å². The van der Waals surface area contributed by atoms with Crippen LogP contribution in [0.15, 0.2) is 48.9 Å². The summed E-state index contributed by atoms with van der Waals surface area (Å²) >= 11 is 5.92. The van der Waals surface area contributed by atoms with Gasteiger partial charge in [-0.2, -0.15) is 5.10 Å². The van der Waals surface area contributed by atoms with Crippen molar-refractivity contribution < 1.29 is 9.53 Å². The molecular formula is C19H19ClN6O2. The number of allylic oxidation sites excluding steroid dienone is 1. The number of hydrogen-bond acceptors (Lipinski definition) is 6. The molecule has 0 bridgehead atoms. The van der Waals surface area contributed by atoms with Gasteiger partial charge in [0.15, 0.2) is 17.5 Å². The smallest absolute Gasteiger partial charge is 0.416 e. The van der Waals surface area contributed by atoms with Crippen molar-refractivity contribution in [3.05, 3.63) is 65.3 Å². The Morgan fingerprint density at radius 2 is 1.96 bits per heavy atom. The Labute approximate surface area is 167 Å². The van der Waals surface area contributed by atoms with E-state index in [2.05, 4.69) is 32.3 Å². The molecule has 0 aliphatic carbocycles. The van der Waals surface area contributed by atoms with Crippen molar-refractivity contribution in [2.24, 2.45) is 0 Å². The molecule has 0 saturated heterocycles. The number of anilines is 3. The number of benzene rings is 1. The molecule has 3 rings (SSSR count). The van der Waals surface area contributed by atoms with Crippen LogP contribution in [0.1, 0.15) is 18.3 Å². The zero-order valence-electron chi connectivity index (χ0n) is 15.7. The fourth-order valence-corrected chi connectivity index (χ4v) is 2.61. The number of carbonyl (C=O) groups is 1. The molecule has 2 N–H and O–H groups in total. The number of nitrogens with one attached hydrogen (secondary N) is 2. The zero-order valence-corrected chi connectivity index (χ0v) is 16.4. The van der Waals surface area contributed by atoms with Gasteiger partial charge in [0.2, 0.25) is 0 Å². The van der Waals surface area contributed by atoms with E-state index in [9.17, 15) is 4.79 Å². The van der Waals surface area contributed by atoms with E-state index < -0.39 is 6.09 Å². The Morgan fingerprint density at radius 3 is 2.57 bits per heavy atom. The van der Waals surface area contributed by atoms with Crippen molar-refractivity contribution in [2.45, 2.75) is 20.8 Å². The van der Waals surface area contributed by atoms with Crippen LogP contribution in [-0.4, -0.2) is 25.8 Å².